The summed E-state index contributed by atoms with van der Waals surface area (Å²) in [5.74, 6) is -2.39. The molecule has 1 fully saturated rings. The zero-order chi connectivity index (χ0) is 21.1. The lowest BCUT2D eigenvalue weighted by atomic mass is 10.1. The van der Waals surface area contributed by atoms with E-state index in [9.17, 15) is 24.3 Å². The van der Waals surface area contributed by atoms with Gasteiger partial charge in [-0.3, -0.25) is 19.8 Å². The molecule has 0 bridgehead atoms. The maximum Gasteiger partial charge on any atom is 0.331 e. The molecule has 1 heterocycles. The Morgan fingerprint density at radius 1 is 1.17 bits per heavy atom. The summed E-state index contributed by atoms with van der Waals surface area (Å²) in [6, 6.07) is 9.94. The van der Waals surface area contributed by atoms with Crippen molar-refractivity contribution in [3.05, 3.63) is 69.8 Å². The molecule has 3 rings (SSSR count). The maximum absolute atomic E-state index is 12.1. The number of amides is 4. The Balaban J connectivity index is 1.73. The van der Waals surface area contributed by atoms with Crippen LogP contribution in [0.5, 0.6) is 5.75 Å². The van der Waals surface area contributed by atoms with E-state index in [0.717, 1.165) is 10.5 Å². The minimum atomic E-state index is -1.26. The van der Waals surface area contributed by atoms with E-state index in [1.165, 1.54) is 31.3 Å². The standard InChI is InChI=1S/C20H15ClN2O6/c1-23-18(25)14(17(24)22-20(23)28)8-12-4-7-16(15(21)9-12)29-10-11-2-5-13(6-3-11)19(26)27/h2-9H,10H2,1H3,(H,26,27)(H,22,24,28)/p-1/b14-8+. The second-order valence-corrected chi connectivity index (χ2v) is 6.55. The van der Waals surface area contributed by atoms with Crippen LogP contribution >= 0.6 is 11.6 Å². The topological polar surface area (TPSA) is 116 Å². The normalized spacial score (nSPS) is 15.4. The molecule has 0 saturated carbocycles. The fraction of sp³-hybridized carbons (Fsp3) is 0.100. The third-order valence-electron chi connectivity index (χ3n) is 4.16. The molecule has 148 valence electrons. The van der Waals surface area contributed by atoms with Crippen LogP contribution < -0.4 is 15.2 Å². The second-order valence-electron chi connectivity index (χ2n) is 6.14. The number of hydrogen-bond acceptors (Lipinski definition) is 6. The number of carboxylic acids is 1. The second kappa shape index (κ2) is 8.15. The van der Waals surface area contributed by atoms with E-state index < -0.39 is 23.8 Å². The largest absolute Gasteiger partial charge is 0.545 e. The average molecular weight is 414 g/mol. The molecule has 29 heavy (non-hydrogen) atoms. The molecule has 1 aliphatic heterocycles. The molecule has 0 unspecified atom stereocenters. The van der Waals surface area contributed by atoms with Crippen molar-refractivity contribution in [3.8, 4) is 5.75 Å². The lowest BCUT2D eigenvalue weighted by Gasteiger charge is -2.22. The van der Waals surface area contributed by atoms with Gasteiger partial charge in [-0.1, -0.05) is 41.9 Å². The maximum atomic E-state index is 12.1. The van der Waals surface area contributed by atoms with Crippen LogP contribution in [0.2, 0.25) is 5.02 Å². The van der Waals surface area contributed by atoms with Gasteiger partial charge in [0, 0.05) is 7.05 Å². The van der Waals surface area contributed by atoms with E-state index in [2.05, 4.69) is 5.32 Å². The molecule has 2 aromatic rings. The van der Waals surface area contributed by atoms with Crippen molar-refractivity contribution in [1.82, 2.24) is 10.2 Å². The number of halogens is 1. The number of nitrogens with one attached hydrogen (secondary N) is 1. The van der Waals surface area contributed by atoms with E-state index in [1.807, 2.05) is 0 Å². The molecule has 1 aliphatic rings. The fourth-order valence-electron chi connectivity index (χ4n) is 2.53. The fourth-order valence-corrected chi connectivity index (χ4v) is 2.78. The number of hydrogen-bond donors (Lipinski definition) is 1. The zero-order valence-corrected chi connectivity index (χ0v) is 15.9. The number of carboxylic acid groups (broad SMARTS) is 1. The van der Waals surface area contributed by atoms with E-state index >= 15 is 0 Å². The highest BCUT2D eigenvalue weighted by Gasteiger charge is 2.32. The number of nitrogens with zero attached hydrogens (tertiary/aromatic N) is 1. The van der Waals surface area contributed by atoms with Crippen LogP contribution in [0.25, 0.3) is 6.08 Å². The Morgan fingerprint density at radius 2 is 1.86 bits per heavy atom. The van der Waals surface area contributed by atoms with Gasteiger partial charge in [-0.25, -0.2) is 4.79 Å². The first kappa shape index (κ1) is 20.1. The van der Waals surface area contributed by atoms with Gasteiger partial charge < -0.3 is 14.6 Å². The molecule has 1 N–H and O–H groups in total. The number of likely N-dealkylation sites (N-methyl/N-ethyl adjacent to an activating group) is 1. The Kier molecular flexibility index (Phi) is 5.65. The average Bonchev–Trinajstić information content (AvgIpc) is 2.69. The summed E-state index contributed by atoms with van der Waals surface area (Å²) in [6.07, 6.45) is 1.33. The highest BCUT2D eigenvalue weighted by atomic mass is 35.5. The molecule has 0 aliphatic carbocycles. The Labute approximate surface area is 170 Å². The summed E-state index contributed by atoms with van der Waals surface area (Å²) in [6.45, 7) is 0.154. The third-order valence-corrected chi connectivity index (χ3v) is 4.45. The summed E-state index contributed by atoms with van der Waals surface area (Å²) < 4.78 is 5.63. The Bertz CT molecular complexity index is 1050. The molecule has 2 aromatic carbocycles. The van der Waals surface area contributed by atoms with Gasteiger partial charge in [0.05, 0.1) is 11.0 Å². The van der Waals surface area contributed by atoms with Crippen molar-refractivity contribution in [3.63, 3.8) is 0 Å². The highest BCUT2D eigenvalue weighted by Crippen LogP contribution is 2.27. The molecule has 9 heteroatoms. The number of urea groups is 1. The van der Waals surface area contributed by atoms with Gasteiger partial charge in [-0.2, -0.15) is 0 Å². The van der Waals surface area contributed by atoms with Crippen LogP contribution in [-0.4, -0.2) is 35.8 Å². The van der Waals surface area contributed by atoms with Gasteiger partial charge in [-0.15, -0.1) is 0 Å². The van der Waals surface area contributed by atoms with E-state index in [0.29, 0.717) is 11.3 Å². The summed E-state index contributed by atoms with van der Waals surface area (Å²) in [5.41, 5.74) is 1.08. The van der Waals surface area contributed by atoms with Gasteiger partial charge in [0.1, 0.15) is 17.9 Å². The van der Waals surface area contributed by atoms with Gasteiger partial charge >= 0.3 is 6.03 Å². The molecule has 0 aromatic heterocycles. The quantitative estimate of drug-likeness (QED) is 0.584. The predicted molar refractivity (Wildman–Crippen MR) is 101 cm³/mol. The molecular weight excluding hydrogens is 400 g/mol. The Hall–Kier alpha value is -3.65. The Morgan fingerprint density at radius 3 is 2.48 bits per heavy atom. The number of barbiturate groups is 1. The van der Waals surface area contributed by atoms with Crippen LogP contribution in [-0.2, 0) is 16.2 Å². The summed E-state index contributed by atoms with van der Waals surface area (Å²) in [7, 11) is 1.27. The first-order chi connectivity index (χ1) is 13.8. The van der Waals surface area contributed by atoms with E-state index in [1.54, 1.807) is 24.3 Å². The van der Waals surface area contributed by atoms with Crippen molar-refractivity contribution in [2.45, 2.75) is 6.61 Å². The zero-order valence-electron chi connectivity index (χ0n) is 15.1. The monoisotopic (exact) mass is 413 g/mol. The predicted octanol–water partition coefficient (Wildman–Crippen LogP) is 1.37. The molecule has 0 radical (unpaired) electrons. The highest BCUT2D eigenvalue weighted by molar-refractivity contribution is 6.33. The van der Waals surface area contributed by atoms with Crippen molar-refractivity contribution in [2.24, 2.45) is 0 Å². The summed E-state index contributed by atoms with van der Waals surface area (Å²) >= 11 is 6.21. The molecular formula is C20H14ClN2O6-. The summed E-state index contributed by atoms with van der Waals surface area (Å²) in [4.78, 5) is 47.0. The number of carbonyl (C=O) groups excluding carboxylic acids is 4. The molecule has 0 spiro atoms. The molecule has 4 amide bonds. The van der Waals surface area contributed by atoms with Crippen LogP contribution in [0.15, 0.2) is 48.0 Å². The SMILES string of the molecule is CN1C(=O)NC(=O)/C(=C\c2ccc(OCc3ccc(C(=O)[O-])cc3)c(Cl)c2)C1=O. The van der Waals surface area contributed by atoms with Gasteiger partial charge in [0.15, 0.2) is 0 Å². The van der Waals surface area contributed by atoms with Crippen LogP contribution in [0.3, 0.4) is 0 Å². The van der Waals surface area contributed by atoms with E-state index in [-0.39, 0.29) is 22.8 Å². The minimum absolute atomic E-state index is 0.0674. The summed E-state index contributed by atoms with van der Waals surface area (Å²) in [5, 5.41) is 13.1. The molecule has 8 nitrogen and oxygen atoms in total. The lowest BCUT2D eigenvalue weighted by Crippen LogP contribution is -2.52. The van der Waals surface area contributed by atoms with Crippen LogP contribution in [0, 0.1) is 0 Å². The lowest BCUT2D eigenvalue weighted by molar-refractivity contribution is -0.255. The van der Waals surface area contributed by atoms with Crippen molar-refractivity contribution >= 4 is 41.5 Å². The van der Waals surface area contributed by atoms with Crippen molar-refractivity contribution in [1.29, 1.82) is 0 Å². The number of rotatable bonds is 5. The number of benzene rings is 2. The number of carbonyl (C=O) groups is 4. The smallest absolute Gasteiger partial charge is 0.331 e. The minimum Gasteiger partial charge on any atom is -0.545 e. The molecule has 1 saturated heterocycles. The van der Waals surface area contributed by atoms with Gasteiger partial charge in [0.2, 0.25) is 0 Å². The van der Waals surface area contributed by atoms with Crippen LogP contribution in [0.1, 0.15) is 21.5 Å². The molecule has 0 atom stereocenters. The van der Waals surface area contributed by atoms with Gasteiger partial charge in [0.25, 0.3) is 11.8 Å². The van der Waals surface area contributed by atoms with Crippen LogP contribution in [0.4, 0.5) is 4.79 Å². The van der Waals surface area contributed by atoms with Gasteiger partial charge in [-0.05, 0) is 34.9 Å². The number of aromatic carboxylic acids is 1. The van der Waals surface area contributed by atoms with Crippen molar-refractivity contribution < 1.29 is 29.0 Å². The number of ether oxygens (including phenoxy) is 1. The third kappa shape index (κ3) is 4.44. The van der Waals surface area contributed by atoms with Crippen molar-refractivity contribution in [2.75, 3.05) is 7.05 Å². The number of imide groups is 2. The van der Waals surface area contributed by atoms with E-state index in [4.69, 9.17) is 16.3 Å². The first-order valence-corrected chi connectivity index (χ1v) is 8.72. The first-order valence-electron chi connectivity index (χ1n) is 8.34.